The van der Waals surface area contributed by atoms with Crippen molar-refractivity contribution in [3.05, 3.63) is 43.0 Å². The number of benzene rings is 1. The Bertz CT molecular complexity index is 693. The summed E-state index contributed by atoms with van der Waals surface area (Å²) in [6.07, 6.45) is 5.47. The molecule has 0 aliphatic carbocycles. The molecule has 2 heterocycles. The van der Waals surface area contributed by atoms with Gasteiger partial charge in [-0.25, -0.2) is 15.8 Å². The number of nitrogens with one attached hydrogen (secondary N) is 2. The van der Waals surface area contributed by atoms with Crippen LogP contribution in [-0.4, -0.2) is 26.1 Å². The summed E-state index contributed by atoms with van der Waals surface area (Å²) in [5, 5.41) is 4.27. The molecule has 4 N–H and O–H groups in total. The topological polar surface area (TPSA) is 93.7 Å². The quantitative estimate of drug-likeness (QED) is 0.476. The van der Waals surface area contributed by atoms with Gasteiger partial charge in [0.2, 0.25) is 5.95 Å². The molecule has 0 saturated carbocycles. The zero-order valence-electron chi connectivity index (χ0n) is 10.8. The standard InChI is InChI=1S/C13H15N7/c14-19-13-17-11-4-2-1-3-10(11)12(18-13)16-6-8-20-7-5-15-9-20/h1-5,7,9H,6,8,14H2,(H2,16,17,18,19). The molecule has 0 bridgehead atoms. The van der Waals surface area contributed by atoms with Gasteiger partial charge < -0.3 is 9.88 Å². The number of para-hydroxylation sites is 1. The van der Waals surface area contributed by atoms with E-state index in [9.17, 15) is 0 Å². The number of aromatic nitrogens is 4. The average Bonchev–Trinajstić information content (AvgIpc) is 3.00. The number of hydrazine groups is 1. The van der Waals surface area contributed by atoms with Crippen LogP contribution in [0.2, 0.25) is 0 Å². The number of hydrogen-bond donors (Lipinski definition) is 3. The highest BCUT2D eigenvalue weighted by Crippen LogP contribution is 2.21. The van der Waals surface area contributed by atoms with E-state index in [1.165, 1.54) is 0 Å². The van der Waals surface area contributed by atoms with E-state index >= 15 is 0 Å². The Labute approximate surface area is 115 Å². The number of imidazole rings is 1. The summed E-state index contributed by atoms with van der Waals surface area (Å²) in [7, 11) is 0. The molecule has 0 atom stereocenters. The Morgan fingerprint density at radius 2 is 2.10 bits per heavy atom. The number of anilines is 2. The van der Waals surface area contributed by atoms with Gasteiger partial charge >= 0.3 is 0 Å². The first-order valence-corrected chi connectivity index (χ1v) is 6.30. The Morgan fingerprint density at radius 3 is 2.90 bits per heavy atom. The predicted octanol–water partition coefficient (Wildman–Crippen LogP) is 1.22. The summed E-state index contributed by atoms with van der Waals surface area (Å²) in [5.41, 5.74) is 3.33. The van der Waals surface area contributed by atoms with Crippen LogP contribution in [0.5, 0.6) is 0 Å². The molecule has 0 radical (unpaired) electrons. The second-order valence-corrected chi connectivity index (χ2v) is 4.28. The molecule has 3 aromatic rings. The molecular weight excluding hydrogens is 254 g/mol. The smallest absolute Gasteiger partial charge is 0.239 e. The fraction of sp³-hybridized carbons (Fsp3) is 0.154. The van der Waals surface area contributed by atoms with E-state index in [0.717, 1.165) is 29.8 Å². The molecule has 1 aromatic carbocycles. The first kappa shape index (κ1) is 12.4. The van der Waals surface area contributed by atoms with Crippen LogP contribution in [0.25, 0.3) is 10.9 Å². The Kier molecular flexibility index (Phi) is 3.42. The van der Waals surface area contributed by atoms with E-state index in [0.29, 0.717) is 5.95 Å². The molecule has 3 rings (SSSR count). The number of hydrogen-bond acceptors (Lipinski definition) is 6. The molecule has 0 amide bonds. The highest BCUT2D eigenvalue weighted by Gasteiger charge is 2.06. The first-order valence-electron chi connectivity index (χ1n) is 6.30. The van der Waals surface area contributed by atoms with Crippen LogP contribution < -0.4 is 16.6 Å². The number of nitrogen functional groups attached to an aromatic ring is 1. The van der Waals surface area contributed by atoms with Gasteiger partial charge in [0.15, 0.2) is 0 Å². The van der Waals surface area contributed by atoms with E-state index in [4.69, 9.17) is 5.84 Å². The van der Waals surface area contributed by atoms with E-state index in [-0.39, 0.29) is 0 Å². The lowest BCUT2D eigenvalue weighted by Crippen LogP contribution is -2.14. The van der Waals surface area contributed by atoms with Crippen molar-refractivity contribution in [3.63, 3.8) is 0 Å². The molecule has 0 spiro atoms. The van der Waals surface area contributed by atoms with Crippen LogP contribution in [-0.2, 0) is 6.54 Å². The first-order chi connectivity index (χ1) is 9.86. The minimum atomic E-state index is 0.397. The second kappa shape index (κ2) is 5.54. The van der Waals surface area contributed by atoms with Crippen LogP contribution in [0, 0.1) is 0 Å². The van der Waals surface area contributed by atoms with Crippen molar-refractivity contribution in [2.75, 3.05) is 17.3 Å². The van der Waals surface area contributed by atoms with Crippen molar-refractivity contribution in [2.24, 2.45) is 5.84 Å². The van der Waals surface area contributed by atoms with Gasteiger partial charge in [-0.1, -0.05) is 12.1 Å². The fourth-order valence-corrected chi connectivity index (χ4v) is 2.00. The number of fused-ring (bicyclic) bond motifs is 1. The molecule has 7 nitrogen and oxygen atoms in total. The summed E-state index contributed by atoms with van der Waals surface area (Å²) in [6.45, 7) is 1.55. The van der Waals surface area contributed by atoms with Crippen LogP contribution >= 0.6 is 0 Å². The largest absolute Gasteiger partial charge is 0.368 e. The van der Waals surface area contributed by atoms with Crippen molar-refractivity contribution >= 4 is 22.7 Å². The third-order valence-corrected chi connectivity index (χ3v) is 2.95. The zero-order chi connectivity index (χ0) is 13.8. The number of rotatable bonds is 5. The molecule has 0 fully saturated rings. The van der Waals surface area contributed by atoms with Gasteiger partial charge in [-0.05, 0) is 12.1 Å². The molecule has 2 aromatic heterocycles. The second-order valence-electron chi connectivity index (χ2n) is 4.28. The third kappa shape index (κ3) is 2.52. The van der Waals surface area contributed by atoms with Crippen LogP contribution in [0.15, 0.2) is 43.0 Å². The summed E-state index contributed by atoms with van der Waals surface area (Å²) in [5.74, 6) is 6.56. The van der Waals surface area contributed by atoms with Crippen LogP contribution in [0.3, 0.4) is 0 Å². The maximum atomic E-state index is 5.40. The van der Waals surface area contributed by atoms with E-state index < -0.39 is 0 Å². The van der Waals surface area contributed by atoms with Crippen LogP contribution in [0.4, 0.5) is 11.8 Å². The Morgan fingerprint density at radius 1 is 1.20 bits per heavy atom. The van der Waals surface area contributed by atoms with E-state index in [1.54, 1.807) is 12.5 Å². The summed E-state index contributed by atoms with van der Waals surface area (Å²) >= 11 is 0. The average molecular weight is 269 g/mol. The summed E-state index contributed by atoms with van der Waals surface area (Å²) in [6, 6.07) is 7.81. The van der Waals surface area contributed by atoms with Gasteiger partial charge in [-0.3, -0.25) is 5.43 Å². The molecule has 0 aliphatic rings. The molecule has 102 valence electrons. The predicted molar refractivity (Wildman–Crippen MR) is 78.1 cm³/mol. The van der Waals surface area contributed by atoms with Gasteiger partial charge in [0.25, 0.3) is 0 Å². The van der Waals surface area contributed by atoms with Crippen molar-refractivity contribution < 1.29 is 0 Å². The highest BCUT2D eigenvalue weighted by molar-refractivity contribution is 5.89. The van der Waals surface area contributed by atoms with Crippen LogP contribution in [0.1, 0.15) is 0 Å². The lowest BCUT2D eigenvalue weighted by atomic mass is 10.2. The van der Waals surface area contributed by atoms with Gasteiger partial charge in [-0.15, -0.1) is 0 Å². The Balaban J connectivity index is 1.82. The Hall–Kier alpha value is -2.67. The molecule has 0 unspecified atom stereocenters. The van der Waals surface area contributed by atoms with Gasteiger partial charge in [0.05, 0.1) is 11.8 Å². The molecule has 0 aliphatic heterocycles. The fourth-order valence-electron chi connectivity index (χ4n) is 2.00. The van der Waals surface area contributed by atoms with Gasteiger partial charge in [-0.2, -0.15) is 4.98 Å². The summed E-state index contributed by atoms with van der Waals surface area (Å²) in [4.78, 5) is 12.7. The van der Waals surface area contributed by atoms with E-state index in [1.807, 2.05) is 35.0 Å². The van der Waals surface area contributed by atoms with E-state index in [2.05, 4.69) is 25.7 Å². The van der Waals surface area contributed by atoms with Crippen molar-refractivity contribution in [3.8, 4) is 0 Å². The number of nitrogens with two attached hydrogens (primary N) is 1. The molecule has 0 saturated heterocycles. The highest BCUT2D eigenvalue weighted by atomic mass is 15.3. The lowest BCUT2D eigenvalue weighted by molar-refractivity contribution is 0.726. The van der Waals surface area contributed by atoms with Gasteiger partial charge in [0.1, 0.15) is 5.82 Å². The zero-order valence-corrected chi connectivity index (χ0v) is 10.8. The SMILES string of the molecule is NNc1nc(NCCn2ccnc2)c2ccccc2n1. The maximum Gasteiger partial charge on any atom is 0.239 e. The monoisotopic (exact) mass is 269 g/mol. The normalized spacial score (nSPS) is 10.7. The molecule has 7 heteroatoms. The van der Waals surface area contributed by atoms with Crippen molar-refractivity contribution in [1.29, 1.82) is 0 Å². The summed E-state index contributed by atoms with van der Waals surface area (Å²) < 4.78 is 2.00. The number of nitrogens with zero attached hydrogens (tertiary/aromatic N) is 4. The minimum absolute atomic E-state index is 0.397. The third-order valence-electron chi connectivity index (χ3n) is 2.95. The molecule has 20 heavy (non-hydrogen) atoms. The maximum absolute atomic E-state index is 5.40. The van der Waals surface area contributed by atoms with Crippen molar-refractivity contribution in [2.45, 2.75) is 6.54 Å². The lowest BCUT2D eigenvalue weighted by Gasteiger charge is -2.10. The minimum Gasteiger partial charge on any atom is -0.368 e. The molecular formula is C13H15N7. The van der Waals surface area contributed by atoms with Gasteiger partial charge in [0, 0.05) is 30.9 Å². The van der Waals surface area contributed by atoms with Crippen molar-refractivity contribution in [1.82, 2.24) is 19.5 Å².